The highest BCUT2D eigenvalue weighted by Gasteiger charge is 2.12. The van der Waals surface area contributed by atoms with Gasteiger partial charge in [0.05, 0.1) is 15.8 Å². The quantitative estimate of drug-likeness (QED) is 0.470. The molecule has 0 bridgehead atoms. The zero-order valence-electron chi connectivity index (χ0n) is 15.9. The zero-order valence-corrected chi connectivity index (χ0v) is 16.7. The minimum absolute atomic E-state index is 0.129. The number of fused-ring (bicyclic) bond motifs is 2. The van der Waals surface area contributed by atoms with Gasteiger partial charge in [-0.3, -0.25) is 9.59 Å². The first-order chi connectivity index (χ1) is 13.9. The molecule has 1 N–H and O–H groups in total. The van der Waals surface area contributed by atoms with Crippen LogP contribution in [0.4, 0.5) is 5.69 Å². The second-order valence-corrected chi connectivity index (χ2v) is 7.20. The summed E-state index contributed by atoms with van der Waals surface area (Å²) in [4.78, 5) is 25.0. The van der Waals surface area contributed by atoms with Crippen molar-refractivity contribution in [2.75, 3.05) is 11.9 Å². The number of ether oxygens (including phenoxy) is 1. The van der Waals surface area contributed by atoms with Gasteiger partial charge in [-0.15, -0.1) is 0 Å². The molecule has 0 spiro atoms. The molecule has 0 fully saturated rings. The first kappa shape index (κ1) is 19.0. The number of benzene rings is 3. The van der Waals surface area contributed by atoms with E-state index in [1.54, 1.807) is 36.4 Å². The number of nitrogens with one attached hydrogen (secondary N) is 1. The van der Waals surface area contributed by atoms with Crippen LogP contribution >= 0.6 is 11.6 Å². The van der Waals surface area contributed by atoms with Gasteiger partial charge in [-0.2, -0.15) is 0 Å². The van der Waals surface area contributed by atoms with E-state index in [1.807, 2.05) is 32.0 Å². The first-order valence-corrected chi connectivity index (χ1v) is 9.46. The molecule has 0 aliphatic heterocycles. The third-order valence-electron chi connectivity index (χ3n) is 4.85. The second kappa shape index (κ2) is 7.60. The van der Waals surface area contributed by atoms with Crippen molar-refractivity contribution in [2.24, 2.45) is 0 Å². The molecule has 1 amide bonds. The average Bonchev–Trinajstić information content (AvgIpc) is 2.70. The largest absolute Gasteiger partial charge is 0.483 e. The van der Waals surface area contributed by atoms with Crippen molar-refractivity contribution >= 4 is 45.1 Å². The molecule has 0 aliphatic carbocycles. The number of anilines is 1. The summed E-state index contributed by atoms with van der Waals surface area (Å²) in [7, 11) is 0. The van der Waals surface area contributed by atoms with E-state index < -0.39 is 0 Å². The molecule has 29 heavy (non-hydrogen) atoms. The summed E-state index contributed by atoms with van der Waals surface area (Å²) in [6.07, 6.45) is 0. The summed E-state index contributed by atoms with van der Waals surface area (Å²) in [5.41, 5.74) is 3.11. The third-order valence-corrected chi connectivity index (χ3v) is 5.14. The van der Waals surface area contributed by atoms with E-state index in [1.165, 1.54) is 0 Å². The maximum Gasteiger partial charge on any atom is 0.262 e. The van der Waals surface area contributed by atoms with Gasteiger partial charge in [0.1, 0.15) is 11.3 Å². The number of amides is 1. The van der Waals surface area contributed by atoms with Gasteiger partial charge < -0.3 is 14.5 Å². The van der Waals surface area contributed by atoms with Gasteiger partial charge in [-0.25, -0.2) is 0 Å². The molecule has 0 atom stereocenters. The van der Waals surface area contributed by atoms with Gasteiger partial charge in [-0.05, 0) is 55.3 Å². The minimum Gasteiger partial charge on any atom is -0.483 e. The van der Waals surface area contributed by atoms with Crippen molar-refractivity contribution in [2.45, 2.75) is 13.8 Å². The maximum absolute atomic E-state index is 12.7. The number of hydrogen-bond acceptors (Lipinski definition) is 4. The lowest BCUT2D eigenvalue weighted by Crippen LogP contribution is -2.20. The first-order valence-electron chi connectivity index (χ1n) is 9.08. The van der Waals surface area contributed by atoms with Crippen LogP contribution < -0.4 is 15.5 Å². The Bertz CT molecular complexity index is 1310. The number of hydrogen-bond donors (Lipinski definition) is 1. The third kappa shape index (κ3) is 3.69. The molecule has 1 aromatic heterocycles. The molecule has 5 nitrogen and oxygen atoms in total. The Labute approximate surface area is 171 Å². The lowest BCUT2D eigenvalue weighted by molar-refractivity contribution is -0.118. The van der Waals surface area contributed by atoms with Gasteiger partial charge in [0.15, 0.2) is 12.2 Å². The molecule has 1 heterocycles. The van der Waals surface area contributed by atoms with Crippen LogP contribution in [0.25, 0.3) is 21.9 Å². The fraction of sp³-hybridized carbons (Fsp3) is 0.130. The lowest BCUT2D eigenvalue weighted by atomic mass is 10.1. The fourth-order valence-corrected chi connectivity index (χ4v) is 3.35. The van der Waals surface area contributed by atoms with E-state index in [2.05, 4.69) is 5.32 Å². The molecule has 146 valence electrons. The number of carbonyl (C=O) groups is 1. The van der Waals surface area contributed by atoms with Crippen molar-refractivity contribution < 1.29 is 13.9 Å². The van der Waals surface area contributed by atoms with Crippen LogP contribution in [0.5, 0.6) is 5.75 Å². The monoisotopic (exact) mass is 407 g/mol. The van der Waals surface area contributed by atoms with Crippen LogP contribution in [0.3, 0.4) is 0 Å². The van der Waals surface area contributed by atoms with Crippen molar-refractivity contribution in [3.05, 3.63) is 81.0 Å². The van der Waals surface area contributed by atoms with E-state index in [4.69, 9.17) is 20.8 Å². The van der Waals surface area contributed by atoms with E-state index in [9.17, 15) is 9.59 Å². The zero-order chi connectivity index (χ0) is 20.5. The number of para-hydroxylation sites is 1. The molecule has 4 rings (SSSR count). The molecular weight excluding hydrogens is 390 g/mol. The van der Waals surface area contributed by atoms with Crippen LogP contribution in [-0.2, 0) is 4.79 Å². The highest BCUT2D eigenvalue weighted by Crippen LogP contribution is 2.26. The molecule has 0 aliphatic rings. The average molecular weight is 408 g/mol. The molecule has 0 saturated heterocycles. The number of carbonyl (C=O) groups excluding carboxylic acids is 1. The Balaban J connectivity index is 1.57. The molecular formula is C23H18ClNO4. The van der Waals surface area contributed by atoms with Crippen LogP contribution in [0.15, 0.2) is 63.8 Å². The number of rotatable bonds is 4. The van der Waals surface area contributed by atoms with E-state index >= 15 is 0 Å². The number of halogens is 1. The van der Waals surface area contributed by atoms with Crippen molar-refractivity contribution in [1.29, 1.82) is 0 Å². The minimum atomic E-state index is -0.313. The van der Waals surface area contributed by atoms with E-state index in [-0.39, 0.29) is 17.9 Å². The Morgan fingerprint density at radius 1 is 1.07 bits per heavy atom. The predicted octanol–water partition coefficient (Wildman–Crippen LogP) is 5.23. The molecule has 3 aromatic carbocycles. The van der Waals surface area contributed by atoms with Crippen LogP contribution in [0.2, 0.25) is 5.02 Å². The van der Waals surface area contributed by atoms with Crippen molar-refractivity contribution in [3.8, 4) is 5.75 Å². The Morgan fingerprint density at radius 3 is 2.69 bits per heavy atom. The second-order valence-electron chi connectivity index (χ2n) is 6.79. The fourth-order valence-electron chi connectivity index (χ4n) is 3.14. The van der Waals surface area contributed by atoms with Crippen molar-refractivity contribution in [1.82, 2.24) is 0 Å². The summed E-state index contributed by atoms with van der Waals surface area (Å²) in [6.45, 7) is 3.81. The summed E-state index contributed by atoms with van der Waals surface area (Å²) in [5.74, 6) is 0.359. The maximum atomic E-state index is 12.7. The smallest absolute Gasteiger partial charge is 0.262 e. The van der Waals surface area contributed by atoms with Crippen molar-refractivity contribution in [3.63, 3.8) is 0 Å². The molecule has 6 heteroatoms. The molecule has 0 unspecified atom stereocenters. The van der Waals surface area contributed by atoms with Gasteiger partial charge in [0.25, 0.3) is 5.91 Å². The van der Waals surface area contributed by atoms with Crippen LogP contribution in [0, 0.1) is 13.8 Å². The summed E-state index contributed by atoms with van der Waals surface area (Å²) in [5, 5.41) is 3.96. The van der Waals surface area contributed by atoms with Gasteiger partial charge in [0.2, 0.25) is 5.43 Å². The number of aryl methyl sites for hydroxylation is 1. The molecule has 0 saturated carbocycles. The predicted molar refractivity (Wildman–Crippen MR) is 115 cm³/mol. The normalized spacial score (nSPS) is 11.0. The summed E-state index contributed by atoms with van der Waals surface area (Å²) in [6, 6.07) is 15.6. The van der Waals surface area contributed by atoms with E-state index in [0.29, 0.717) is 38.4 Å². The Hall–Kier alpha value is -3.31. The van der Waals surface area contributed by atoms with Gasteiger partial charge >= 0.3 is 0 Å². The van der Waals surface area contributed by atoms with Crippen LogP contribution in [0.1, 0.15) is 11.1 Å². The highest BCUT2D eigenvalue weighted by molar-refractivity contribution is 6.34. The highest BCUT2D eigenvalue weighted by atomic mass is 35.5. The van der Waals surface area contributed by atoms with Gasteiger partial charge in [0, 0.05) is 11.8 Å². The lowest BCUT2D eigenvalue weighted by Gasteiger charge is -2.11. The molecule has 0 radical (unpaired) electrons. The standard InChI is InChI=1S/C23H18ClNO4/c1-13-5-3-8-19(14(13)2)28-12-21(26)25-15-9-10-16-20(11-15)29-23-17(22(16)27)6-4-7-18(23)24/h3-11H,12H2,1-2H3,(H,25,26). The van der Waals surface area contributed by atoms with E-state index in [0.717, 1.165) is 11.1 Å². The summed E-state index contributed by atoms with van der Waals surface area (Å²) >= 11 is 6.16. The summed E-state index contributed by atoms with van der Waals surface area (Å²) < 4.78 is 11.5. The Morgan fingerprint density at radius 2 is 1.86 bits per heavy atom. The Kier molecular flexibility index (Phi) is 4.99. The van der Waals surface area contributed by atoms with Crippen LogP contribution in [-0.4, -0.2) is 12.5 Å². The SMILES string of the molecule is Cc1cccc(OCC(=O)Nc2ccc3c(=O)c4cccc(Cl)c4oc3c2)c1C. The topological polar surface area (TPSA) is 68.5 Å². The molecule has 4 aromatic rings. The van der Waals surface area contributed by atoms with Gasteiger partial charge in [-0.1, -0.05) is 29.8 Å².